The number of carbonyl (C=O) groups is 3. The van der Waals surface area contributed by atoms with Gasteiger partial charge >= 0.3 is 12.0 Å². The van der Waals surface area contributed by atoms with Gasteiger partial charge in [-0.2, -0.15) is 0 Å². The molecule has 1 aromatic rings. The Balaban J connectivity index is 2.33. The minimum absolute atomic E-state index is 0.271. The van der Waals surface area contributed by atoms with E-state index in [1.165, 1.54) is 28.0 Å². The number of aliphatic carboxylic acids is 1. The molecule has 0 saturated carbocycles. The molecule has 0 aromatic heterocycles. The van der Waals surface area contributed by atoms with Crippen LogP contribution in [0, 0.1) is 0 Å². The van der Waals surface area contributed by atoms with Crippen molar-refractivity contribution in [2.75, 3.05) is 24.5 Å². The topological polar surface area (TPSA) is 90.0 Å². The van der Waals surface area contributed by atoms with Gasteiger partial charge in [0.15, 0.2) is 0 Å². The fourth-order valence-corrected chi connectivity index (χ4v) is 2.57. The molecule has 1 heterocycles. The van der Waals surface area contributed by atoms with Gasteiger partial charge in [0.1, 0.15) is 6.54 Å². The highest BCUT2D eigenvalue weighted by Gasteiger charge is 2.26. The Morgan fingerprint density at radius 3 is 2.65 bits per heavy atom. The van der Waals surface area contributed by atoms with Gasteiger partial charge < -0.3 is 15.3 Å². The Hall–Kier alpha value is -2.28. The molecule has 0 radical (unpaired) electrons. The van der Waals surface area contributed by atoms with Crippen LogP contribution in [0.3, 0.4) is 0 Å². The summed E-state index contributed by atoms with van der Waals surface area (Å²) >= 11 is 6.13. The molecule has 1 aliphatic rings. The summed E-state index contributed by atoms with van der Waals surface area (Å²) < 4.78 is 0. The molecule has 3 amide bonds. The maximum Gasteiger partial charge on any atom is 0.323 e. The molecular weight excluding hydrogens is 322 g/mol. The monoisotopic (exact) mass is 339 g/mol. The van der Waals surface area contributed by atoms with E-state index < -0.39 is 18.4 Å². The van der Waals surface area contributed by atoms with Gasteiger partial charge in [0.25, 0.3) is 5.91 Å². The third-order valence-electron chi connectivity index (χ3n) is 3.53. The van der Waals surface area contributed by atoms with Crippen LogP contribution in [-0.2, 0) is 4.79 Å². The number of hydrogen-bond acceptors (Lipinski definition) is 3. The zero-order chi connectivity index (χ0) is 17.1. The lowest BCUT2D eigenvalue weighted by atomic mass is 10.1. The molecule has 7 nitrogen and oxygen atoms in total. The minimum atomic E-state index is -1.08. The number of amides is 3. The maximum absolute atomic E-state index is 12.6. The molecule has 1 aliphatic heterocycles. The van der Waals surface area contributed by atoms with Crippen LogP contribution < -0.4 is 10.2 Å². The summed E-state index contributed by atoms with van der Waals surface area (Å²) in [7, 11) is 0. The number of carboxylic acids is 1. The standard InChI is InChI=1S/C15H18ClN3O4/c1-9(2)19(8-13(20)21)14(22)10-3-4-11(16)12(7-10)18-6-5-17-15(18)23/h3-4,7,9H,5-6,8H2,1-2H3,(H,17,23)(H,20,21). The van der Waals surface area contributed by atoms with E-state index in [0.717, 1.165) is 0 Å². The number of hydrogen-bond donors (Lipinski definition) is 2. The minimum Gasteiger partial charge on any atom is -0.480 e. The second kappa shape index (κ2) is 6.87. The lowest BCUT2D eigenvalue weighted by Gasteiger charge is -2.25. The number of halogens is 1. The van der Waals surface area contributed by atoms with E-state index in [1.807, 2.05) is 0 Å². The third-order valence-corrected chi connectivity index (χ3v) is 3.85. The normalized spacial score (nSPS) is 14.1. The Kier molecular flexibility index (Phi) is 5.10. The molecule has 2 N–H and O–H groups in total. The zero-order valence-electron chi connectivity index (χ0n) is 12.9. The molecule has 8 heteroatoms. The molecule has 0 aliphatic carbocycles. The number of anilines is 1. The lowest BCUT2D eigenvalue weighted by Crippen LogP contribution is -2.40. The van der Waals surface area contributed by atoms with E-state index in [2.05, 4.69) is 5.32 Å². The van der Waals surface area contributed by atoms with Crippen LogP contribution in [0.5, 0.6) is 0 Å². The predicted octanol–water partition coefficient (Wildman–Crippen LogP) is 1.80. The van der Waals surface area contributed by atoms with Crippen LogP contribution >= 0.6 is 11.6 Å². The molecule has 1 fully saturated rings. The third kappa shape index (κ3) is 3.73. The van der Waals surface area contributed by atoms with Crippen LogP contribution in [0.2, 0.25) is 5.02 Å². The highest BCUT2D eigenvalue weighted by molar-refractivity contribution is 6.34. The van der Waals surface area contributed by atoms with E-state index in [4.69, 9.17) is 16.7 Å². The number of benzene rings is 1. The van der Waals surface area contributed by atoms with Crippen molar-refractivity contribution in [2.45, 2.75) is 19.9 Å². The van der Waals surface area contributed by atoms with Crippen LogP contribution in [-0.4, -0.2) is 53.6 Å². The number of rotatable bonds is 5. The quantitative estimate of drug-likeness (QED) is 0.856. The van der Waals surface area contributed by atoms with E-state index in [-0.39, 0.29) is 12.1 Å². The van der Waals surface area contributed by atoms with E-state index in [9.17, 15) is 14.4 Å². The van der Waals surface area contributed by atoms with E-state index >= 15 is 0 Å². The van der Waals surface area contributed by atoms with Crippen molar-refractivity contribution < 1.29 is 19.5 Å². The summed E-state index contributed by atoms with van der Waals surface area (Å²) in [5, 5.41) is 12.0. The first-order valence-electron chi connectivity index (χ1n) is 7.19. The predicted molar refractivity (Wildman–Crippen MR) is 86.0 cm³/mol. The van der Waals surface area contributed by atoms with Crippen molar-refractivity contribution in [3.63, 3.8) is 0 Å². The molecule has 1 saturated heterocycles. The van der Waals surface area contributed by atoms with Crippen molar-refractivity contribution in [1.82, 2.24) is 10.2 Å². The molecule has 0 bridgehead atoms. The Morgan fingerprint density at radius 2 is 2.13 bits per heavy atom. The van der Waals surface area contributed by atoms with Crippen LogP contribution in [0.25, 0.3) is 0 Å². The van der Waals surface area contributed by atoms with Crippen molar-refractivity contribution >= 4 is 35.2 Å². The Bertz CT molecular complexity index is 648. The number of carboxylic acid groups (broad SMARTS) is 1. The summed E-state index contributed by atoms with van der Waals surface area (Å²) in [6.07, 6.45) is 0. The van der Waals surface area contributed by atoms with Gasteiger partial charge in [-0.15, -0.1) is 0 Å². The molecule has 0 atom stereocenters. The van der Waals surface area contributed by atoms with Gasteiger partial charge in [-0.1, -0.05) is 11.6 Å². The molecule has 2 rings (SSSR count). The zero-order valence-corrected chi connectivity index (χ0v) is 13.6. The number of nitrogens with zero attached hydrogens (tertiary/aromatic N) is 2. The maximum atomic E-state index is 12.6. The van der Waals surface area contributed by atoms with Crippen molar-refractivity contribution in [3.05, 3.63) is 28.8 Å². The lowest BCUT2D eigenvalue weighted by molar-refractivity contribution is -0.138. The Labute approximate surface area is 138 Å². The van der Waals surface area contributed by atoms with Gasteiger partial charge in [0.05, 0.1) is 10.7 Å². The molecule has 0 unspecified atom stereocenters. The molecule has 124 valence electrons. The van der Waals surface area contributed by atoms with E-state index in [0.29, 0.717) is 29.4 Å². The summed E-state index contributed by atoms with van der Waals surface area (Å²) in [5.41, 5.74) is 0.727. The smallest absolute Gasteiger partial charge is 0.323 e. The largest absolute Gasteiger partial charge is 0.480 e. The number of nitrogens with one attached hydrogen (secondary N) is 1. The number of urea groups is 1. The van der Waals surface area contributed by atoms with Gasteiger partial charge in [-0.25, -0.2) is 4.79 Å². The summed E-state index contributed by atoms with van der Waals surface area (Å²) in [6.45, 7) is 4.06. The van der Waals surface area contributed by atoms with Gasteiger partial charge in [-0.3, -0.25) is 14.5 Å². The second-order valence-electron chi connectivity index (χ2n) is 5.47. The SMILES string of the molecule is CC(C)N(CC(=O)O)C(=O)c1ccc(Cl)c(N2CCNC2=O)c1. The highest BCUT2D eigenvalue weighted by Crippen LogP contribution is 2.28. The highest BCUT2D eigenvalue weighted by atomic mass is 35.5. The first kappa shape index (κ1) is 17.1. The van der Waals surface area contributed by atoms with Gasteiger partial charge in [-0.05, 0) is 32.0 Å². The van der Waals surface area contributed by atoms with Crippen LogP contribution in [0.4, 0.5) is 10.5 Å². The molecular formula is C15H18ClN3O4. The van der Waals surface area contributed by atoms with Crippen LogP contribution in [0.15, 0.2) is 18.2 Å². The van der Waals surface area contributed by atoms with Crippen molar-refractivity contribution in [3.8, 4) is 0 Å². The summed E-state index contributed by atoms with van der Waals surface area (Å²) in [5.74, 6) is -1.50. The average Bonchev–Trinajstić information content (AvgIpc) is 2.90. The Morgan fingerprint density at radius 1 is 1.43 bits per heavy atom. The fraction of sp³-hybridized carbons (Fsp3) is 0.400. The molecule has 23 heavy (non-hydrogen) atoms. The molecule has 1 aromatic carbocycles. The summed E-state index contributed by atoms with van der Waals surface area (Å²) in [4.78, 5) is 38.0. The summed E-state index contributed by atoms with van der Waals surface area (Å²) in [6, 6.07) is 4.04. The second-order valence-corrected chi connectivity index (χ2v) is 5.88. The van der Waals surface area contributed by atoms with Crippen LogP contribution in [0.1, 0.15) is 24.2 Å². The van der Waals surface area contributed by atoms with Crippen molar-refractivity contribution in [1.29, 1.82) is 0 Å². The first-order chi connectivity index (χ1) is 10.8. The molecule has 0 spiro atoms. The number of carbonyl (C=O) groups excluding carboxylic acids is 2. The fourth-order valence-electron chi connectivity index (χ4n) is 2.35. The van der Waals surface area contributed by atoms with Crippen molar-refractivity contribution in [2.24, 2.45) is 0 Å². The van der Waals surface area contributed by atoms with Gasteiger partial charge in [0.2, 0.25) is 0 Å². The van der Waals surface area contributed by atoms with E-state index in [1.54, 1.807) is 13.8 Å². The van der Waals surface area contributed by atoms with Gasteiger partial charge in [0, 0.05) is 24.7 Å². The average molecular weight is 340 g/mol. The first-order valence-corrected chi connectivity index (χ1v) is 7.56.